The number of rotatable bonds is 12. The van der Waals surface area contributed by atoms with E-state index in [1.807, 2.05) is 6.20 Å². The van der Waals surface area contributed by atoms with Gasteiger partial charge in [-0.2, -0.15) is 5.10 Å². The van der Waals surface area contributed by atoms with Crippen molar-refractivity contribution in [3.05, 3.63) is 17.5 Å². The molecule has 20 heavy (non-hydrogen) atoms. The molecule has 1 aromatic heterocycles. The van der Waals surface area contributed by atoms with Crippen molar-refractivity contribution in [1.29, 1.82) is 0 Å². The zero-order valence-electron chi connectivity index (χ0n) is 13.5. The van der Waals surface area contributed by atoms with Crippen LogP contribution in [0.3, 0.4) is 0 Å². The topological polar surface area (TPSA) is 43.8 Å². The molecular formula is C17H33N3. The molecule has 0 aliphatic rings. The molecule has 0 aliphatic carbocycles. The van der Waals surface area contributed by atoms with E-state index < -0.39 is 0 Å². The lowest BCUT2D eigenvalue weighted by Gasteiger charge is -2.05. The summed E-state index contributed by atoms with van der Waals surface area (Å²) in [5, 5.41) is 4.40. The molecule has 1 aromatic rings. The zero-order chi connectivity index (χ0) is 14.6. The van der Waals surface area contributed by atoms with Gasteiger partial charge < -0.3 is 5.73 Å². The normalized spacial score (nSPS) is 11.2. The summed E-state index contributed by atoms with van der Waals surface area (Å²) in [6.45, 7) is 6.04. The standard InChI is InChI=1S/C17H33N3/c1-3-4-5-6-7-8-9-10-11-12-13-20-16(2)17(14-18)15-19-20/h15H,3-14,18H2,1-2H3. The van der Waals surface area contributed by atoms with Gasteiger partial charge in [-0.3, -0.25) is 4.68 Å². The van der Waals surface area contributed by atoms with Gasteiger partial charge in [-0.15, -0.1) is 0 Å². The fraction of sp³-hybridized carbons (Fsp3) is 0.824. The van der Waals surface area contributed by atoms with Crippen molar-refractivity contribution < 1.29 is 0 Å². The number of nitrogens with zero attached hydrogens (tertiary/aromatic N) is 2. The summed E-state index contributed by atoms with van der Waals surface area (Å²) < 4.78 is 2.10. The van der Waals surface area contributed by atoms with E-state index in [9.17, 15) is 0 Å². The lowest BCUT2D eigenvalue weighted by Crippen LogP contribution is -2.04. The molecule has 0 spiro atoms. The predicted octanol–water partition coefficient (Wildman–Crippen LogP) is 4.57. The summed E-state index contributed by atoms with van der Waals surface area (Å²) in [5.74, 6) is 0. The Balaban J connectivity index is 1.95. The van der Waals surface area contributed by atoms with Gasteiger partial charge in [0.15, 0.2) is 0 Å². The van der Waals surface area contributed by atoms with Gasteiger partial charge in [0.2, 0.25) is 0 Å². The second-order valence-electron chi connectivity index (χ2n) is 5.86. The molecule has 2 N–H and O–H groups in total. The maximum atomic E-state index is 5.66. The Bertz CT molecular complexity index is 344. The quantitative estimate of drug-likeness (QED) is 0.569. The highest BCUT2D eigenvalue weighted by Gasteiger charge is 2.03. The van der Waals surface area contributed by atoms with Crippen LogP contribution in [0.1, 0.15) is 82.4 Å². The van der Waals surface area contributed by atoms with Crippen LogP contribution >= 0.6 is 0 Å². The molecule has 0 radical (unpaired) electrons. The Morgan fingerprint density at radius 3 is 2.00 bits per heavy atom. The molecule has 0 atom stereocenters. The molecular weight excluding hydrogens is 246 g/mol. The molecule has 116 valence electrons. The molecule has 0 saturated carbocycles. The Labute approximate surface area is 124 Å². The van der Waals surface area contributed by atoms with Crippen LogP contribution in [0.5, 0.6) is 0 Å². The molecule has 0 saturated heterocycles. The molecule has 1 heterocycles. The van der Waals surface area contributed by atoms with E-state index in [2.05, 4.69) is 23.6 Å². The smallest absolute Gasteiger partial charge is 0.0537 e. The van der Waals surface area contributed by atoms with Crippen LogP contribution in [0.25, 0.3) is 0 Å². The van der Waals surface area contributed by atoms with Gasteiger partial charge in [-0.05, 0) is 13.3 Å². The second-order valence-corrected chi connectivity index (χ2v) is 5.86. The molecule has 3 nitrogen and oxygen atoms in total. The molecule has 0 unspecified atom stereocenters. The van der Waals surface area contributed by atoms with Gasteiger partial charge in [0.1, 0.15) is 0 Å². The van der Waals surface area contributed by atoms with Crippen molar-refractivity contribution >= 4 is 0 Å². The molecule has 1 rings (SSSR count). The summed E-state index contributed by atoms with van der Waals surface area (Å²) in [6, 6.07) is 0. The molecule has 3 heteroatoms. The van der Waals surface area contributed by atoms with Crippen LogP contribution in [-0.2, 0) is 13.1 Å². The molecule has 0 aromatic carbocycles. The lowest BCUT2D eigenvalue weighted by molar-refractivity contribution is 0.509. The highest BCUT2D eigenvalue weighted by molar-refractivity contribution is 5.15. The number of hydrogen-bond donors (Lipinski definition) is 1. The maximum Gasteiger partial charge on any atom is 0.0537 e. The van der Waals surface area contributed by atoms with E-state index in [0.29, 0.717) is 6.54 Å². The lowest BCUT2D eigenvalue weighted by atomic mass is 10.1. The Morgan fingerprint density at radius 2 is 1.50 bits per heavy atom. The first-order chi connectivity index (χ1) is 9.79. The van der Waals surface area contributed by atoms with Crippen LogP contribution in [0, 0.1) is 6.92 Å². The third-order valence-electron chi connectivity index (χ3n) is 4.15. The zero-order valence-corrected chi connectivity index (χ0v) is 13.5. The van der Waals surface area contributed by atoms with Crippen molar-refractivity contribution in [3.8, 4) is 0 Å². The monoisotopic (exact) mass is 279 g/mol. The third kappa shape index (κ3) is 6.56. The van der Waals surface area contributed by atoms with E-state index in [0.717, 1.165) is 6.54 Å². The van der Waals surface area contributed by atoms with Crippen molar-refractivity contribution in [3.63, 3.8) is 0 Å². The Kier molecular flexibility index (Phi) is 9.38. The Morgan fingerprint density at radius 1 is 0.950 bits per heavy atom. The summed E-state index contributed by atoms with van der Waals surface area (Å²) in [4.78, 5) is 0. The first-order valence-corrected chi connectivity index (χ1v) is 8.51. The molecule has 0 bridgehead atoms. The van der Waals surface area contributed by atoms with Crippen LogP contribution in [0.2, 0.25) is 0 Å². The van der Waals surface area contributed by atoms with Crippen molar-refractivity contribution in [2.45, 2.75) is 91.1 Å². The van der Waals surface area contributed by atoms with Crippen LogP contribution in [0.4, 0.5) is 0 Å². The average molecular weight is 279 g/mol. The third-order valence-corrected chi connectivity index (χ3v) is 4.15. The highest BCUT2D eigenvalue weighted by Crippen LogP contribution is 2.12. The van der Waals surface area contributed by atoms with Crippen molar-refractivity contribution in [2.24, 2.45) is 5.73 Å². The van der Waals surface area contributed by atoms with Gasteiger partial charge in [0.25, 0.3) is 0 Å². The fourth-order valence-corrected chi connectivity index (χ4v) is 2.66. The van der Waals surface area contributed by atoms with E-state index in [-0.39, 0.29) is 0 Å². The van der Waals surface area contributed by atoms with Gasteiger partial charge in [0, 0.05) is 24.3 Å². The molecule has 0 aliphatic heterocycles. The number of aryl methyl sites for hydroxylation is 1. The summed E-state index contributed by atoms with van der Waals surface area (Å²) in [6.07, 6.45) is 15.7. The summed E-state index contributed by atoms with van der Waals surface area (Å²) in [7, 11) is 0. The van der Waals surface area contributed by atoms with Crippen LogP contribution in [0.15, 0.2) is 6.20 Å². The van der Waals surface area contributed by atoms with Crippen LogP contribution in [-0.4, -0.2) is 9.78 Å². The predicted molar refractivity (Wildman–Crippen MR) is 86.7 cm³/mol. The number of aromatic nitrogens is 2. The second kappa shape index (κ2) is 10.9. The largest absolute Gasteiger partial charge is 0.326 e. The first-order valence-electron chi connectivity index (χ1n) is 8.51. The minimum Gasteiger partial charge on any atom is -0.326 e. The van der Waals surface area contributed by atoms with E-state index in [1.165, 1.54) is 75.5 Å². The van der Waals surface area contributed by atoms with Crippen LogP contribution < -0.4 is 5.73 Å². The van der Waals surface area contributed by atoms with Gasteiger partial charge >= 0.3 is 0 Å². The summed E-state index contributed by atoms with van der Waals surface area (Å²) in [5.41, 5.74) is 8.08. The van der Waals surface area contributed by atoms with E-state index >= 15 is 0 Å². The first kappa shape index (κ1) is 17.2. The molecule has 0 fully saturated rings. The van der Waals surface area contributed by atoms with Crippen molar-refractivity contribution in [1.82, 2.24) is 9.78 Å². The average Bonchev–Trinajstić information content (AvgIpc) is 2.81. The fourth-order valence-electron chi connectivity index (χ4n) is 2.66. The SMILES string of the molecule is CCCCCCCCCCCCn1ncc(CN)c1C. The Hall–Kier alpha value is -0.830. The maximum absolute atomic E-state index is 5.66. The highest BCUT2D eigenvalue weighted by atomic mass is 15.3. The van der Waals surface area contributed by atoms with Gasteiger partial charge in [-0.25, -0.2) is 0 Å². The number of unbranched alkanes of at least 4 members (excludes halogenated alkanes) is 9. The van der Waals surface area contributed by atoms with E-state index in [4.69, 9.17) is 5.73 Å². The molecule has 0 amide bonds. The van der Waals surface area contributed by atoms with Crippen molar-refractivity contribution in [2.75, 3.05) is 0 Å². The minimum absolute atomic E-state index is 0.601. The minimum atomic E-state index is 0.601. The van der Waals surface area contributed by atoms with Gasteiger partial charge in [-0.1, -0.05) is 64.7 Å². The van der Waals surface area contributed by atoms with Gasteiger partial charge in [0.05, 0.1) is 6.20 Å². The summed E-state index contributed by atoms with van der Waals surface area (Å²) >= 11 is 0. The van der Waals surface area contributed by atoms with E-state index in [1.54, 1.807) is 0 Å². The number of hydrogen-bond acceptors (Lipinski definition) is 2. The number of nitrogens with two attached hydrogens (primary N) is 1.